The van der Waals surface area contributed by atoms with Crippen molar-refractivity contribution in [1.82, 2.24) is 4.90 Å². The van der Waals surface area contributed by atoms with Crippen LogP contribution in [0.5, 0.6) is 23.0 Å². The zero-order valence-electron chi connectivity index (χ0n) is 26.6. The van der Waals surface area contributed by atoms with Gasteiger partial charge >= 0.3 is 0 Å². The SMILES string of the molecule is CCCN(CCC)C(=O)C[N+](C)(C)CCCOc1ccc(/C=C/C(=O)c2c(OC)cc3c(c2O)C=CC(C)(C)O3)cc1.[Br-]. The number of rotatable bonds is 15. The molecule has 1 amide bonds. The Hall–Kier alpha value is -3.30. The van der Waals surface area contributed by atoms with Gasteiger partial charge in [-0.05, 0) is 62.6 Å². The second-order valence-corrected chi connectivity index (χ2v) is 11.9. The second kappa shape index (κ2) is 16.0. The van der Waals surface area contributed by atoms with Crippen molar-refractivity contribution in [2.45, 2.75) is 52.6 Å². The smallest absolute Gasteiger partial charge is 0.277 e. The number of fused-ring (bicyclic) bond motifs is 1. The van der Waals surface area contributed by atoms with E-state index in [2.05, 4.69) is 27.9 Å². The van der Waals surface area contributed by atoms with Gasteiger partial charge in [0, 0.05) is 25.6 Å². The molecule has 0 fully saturated rings. The summed E-state index contributed by atoms with van der Waals surface area (Å²) in [5, 5.41) is 10.9. The van der Waals surface area contributed by atoms with Crippen LogP contribution in [0.4, 0.5) is 0 Å². The number of methoxy groups -OCH3 is 1. The van der Waals surface area contributed by atoms with Gasteiger partial charge in [-0.3, -0.25) is 9.59 Å². The molecule has 1 aliphatic rings. The molecule has 2 aromatic rings. The van der Waals surface area contributed by atoms with E-state index in [0.717, 1.165) is 50.2 Å². The molecule has 0 unspecified atom stereocenters. The number of carbonyl (C=O) groups is 2. The fraction of sp³-hybridized carbons (Fsp3) is 0.471. The minimum atomic E-state index is -0.521. The number of halogens is 1. The lowest BCUT2D eigenvalue weighted by Crippen LogP contribution is -3.00. The first kappa shape index (κ1) is 35.9. The first-order chi connectivity index (χ1) is 19.9. The van der Waals surface area contributed by atoms with Gasteiger partial charge in [0.15, 0.2) is 12.3 Å². The van der Waals surface area contributed by atoms with Crippen molar-refractivity contribution >= 4 is 23.8 Å². The van der Waals surface area contributed by atoms with Gasteiger partial charge in [-0.15, -0.1) is 0 Å². The van der Waals surface area contributed by atoms with E-state index in [4.69, 9.17) is 14.2 Å². The lowest BCUT2D eigenvalue weighted by molar-refractivity contribution is -0.882. The first-order valence-electron chi connectivity index (χ1n) is 14.8. The summed E-state index contributed by atoms with van der Waals surface area (Å²) < 4.78 is 17.9. The molecule has 0 aliphatic carbocycles. The number of hydrogen-bond acceptors (Lipinski definition) is 6. The molecular formula is C34H47BrN2O6. The van der Waals surface area contributed by atoms with Crippen molar-refractivity contribution in [2.75, 3.05) is 54.0 Å². The Morgan fingerprint density at radius 3 is 2.35 bits per heavy atom. The summed E-state index contributed by atoms with van der Waals surface area (Å²) in [7, 11) is 5.63. The van der Waals surface area contributed by atoms with Crippen LogP contribution in [0.3, 0.4) is 0 Å². The summed E-state index contributed by atoms with van der Waals surface area (Å²) in [5.74, 6) is 1.12. The summed E-state index contributed by atoms with van der Waals surface area (Å²) >= 11 is 0. The standard InChI is InChI=1S/C34H46N2O6.BrH/c1-8-19-35(20-9-2)31(38)24-36(5,6)21-10-22-41-26-14-11-25(12-15-26)13-16-28(37)32-30(40-7)23-29-27(33(32)39)17-18-34(3,4)42-29;/h11-18,23H,8-10,19-22,24H2,1-7H3;1H/b16-13+;. The summed E-state index contributed by atoms with van der Waals surface area (Å²) in [5.41, 5.74) is 0.841. The molecule has 0 radical (unpaired) electrons. The molecule has 1 heterocycles. The number of amides is 1. The highest BCUT2D eigenvalue weighted by atomic mass is 79.9. The van der Waals surface area contributed by atoms with Crippen molar-refractivity contribution < 1.29 is 50.4 Å². The highest BCUT2D eigenvalue weighted by Gasteiger charge is 2.28. The molecular weight excluding hydrogens is 612 g/mol. The Bertz CT molecular complexity index is 1290. The van der Waals surface area contributed by atoms with Gasteiger partial charge in [0.2, 0.25) is 0 Å². The molecule has 3 rings (SSSR count). The topological polar surface area (TPSA) is 85.3 Å². The van der Waals surface area contributed by atoms with Gasteiger partial charge < -0.3 is 45.7 Å². The van der Waals surface area contributed by atoms with Crippen molar-refractivity contribution in [2.24, 2.45) is 0 Å². The van der Waals surface area contributed by atoms with Crippen molar-refractivity contribution in [3.8, 4) is 23.0 Å². The van der Waals surface area contributed by atoms with E-state index in [-0.39, 0.29) is 45.7 Å². The van der Waals surface area contributed by atoms with Gasteiger partial charge in [0.25, 0.3) is 5.91 Å². The zero-order valence-corrected chi connectivity index (χ0v) is 28.2. The van der Waals surface area contributed by atoms with Crippen molar-refractivity contribution in [1.29, 1.82) is 0 Å². The monoisotopic (exact) mass is 658 g/mol. The minimum Gasteiger partial charge on any atom is -1.00 e. The number of phenolic OH excluding ortho intramolecular Hbond substituents is 1. The normalized spacial score (nSPS) is 13.6. The van der Waals surface area contributed by atoms with Gasteiger partial charge in [0.1, 0.15) is 34.2 Å². The van der Waals surface area contributed by atoms with E-state index in [0.29, 0.717) is 28.9 Å². The maximum absolute atomic E-state index is 13.1. The molecule has 8 nitrogen and oxygen atoms in total. The van der Waals surface area contributed by atoms with Crippen LogP contribution >= 0.6 is 0 Å². The predicted molar refractivity (Wildman–Crippen MR) is 167 cm³/mol. The molecule has 0 saturated carbocycles. The number of ketones is 1. The van der Waals surface area contributed by atoms with Gasteiger partial charge in [-0.2, -0.15) is 0 Å². The number of benzene rings is 2. The van der Waals surface area contributed by atoms with Crippen LogP contribution in [0.15, 0.2) is 42.5 Å². The van der Waals surface area contributed by atoms with E-state index in [1.807, 2.05) is 49.1 Å². The third kappa shape index (κ3) is 10.1. The van der Waals surface area contributed by atoms with Crippen LogP contribution in [-0.2, 0) is 4.79 Å². The number of aromatic hydroxyl groups is 1. The molecule has 43 heavy (non-hydrogen) atoms. The molecule has 0 aromatic heterocycles. The van der Waals surface area contributed by atoms with Crippen LogP contribution in [0.25, 0.3) is 12.2 Å². The van der Waals surface area contributed by atoms with Crippen LogP contribution in [0.1, 0.15) is 68.4 Å². The lowest BCUT2D eigenvalue weighted by atomic mass is 9.97. The molecule has 236 valence electrons. The number of hydrogen-bond donors (Lipinski definition) is 1. The van der Waals surface area contributed by atoms with Gasteiger partial charge in [0.05, 0.1) is 39.9 Å². The summed E-state index contributed by atoms with van der Waals surface area (Å²) in [6.45, 7) is 11.5. The average Bonchev–Trinajstić information content (AvgIpc) is 2.93. The number of nitrogens with zero attached hydrogens (tertiary/aromatic N) is 2. The van der Waals surface area contributed by atoms with E-state index in [1.54, 1.807) is 18.2 Å². The molecule has 1 aliphatic heterocycles. The number of carbonyl (C=O) groups excluding carboxylic acids is 2. The van der Waals surface area contributed by atoms with Gasteiger partial charge in [-0.1, -0.05) is 32.1 Å². The number of phenols is 1. The Kier molecular flexibility index (Phi) is 13.3. The number of allylic oxidation sites excluding steroid dienone is 1. The maximum atomic E-state index is 13.1. The average molecular weight is 660 g/mol. The largest absolute Gasteiger partial charge is 1.00 e. The second-order valence-electron chi connectivity index (χ2n) is 11.9. The fourth-order valence-corrected chi connectivity index (χ4v) is 4.94. The Labute approximate surface area is 267 Å². The highest BCUT2D eigenvalue weighted by molar-refractivity contribution is 6.11. The number of quaternary nitrogens is 1. The minimum absolute atomic E-state index is 0. The van der Waals surface area contributed by atoms with Crippen LogP contribution in [0.2, 0.25) is 0 Å². The summed E-state index contributed by atoms with van der Waals surface area (Å²) in [6, 6.07) is 9.11. The van der Waals surface area contributed by atoms with Gasteiger partial charge in [-0.25, -0.2) is 0 Å². The summed E-state index contributed by atoms with van der Waals surface area (Å²) in [6.07, 6.45) is 9.47. The Balaban J connectivity index is 0.00000645. The third-order valence-electron chi connectivity index (χ3n) is 7.14. The number of likely N-dealkylation sites (N-methyl/N-ethyl adjacent to an activating group) is 1. The molecule has 0 bridgehead atoms. The molecule has 9 heteroatoms. The zero-order chi connectivity index (χ0) is 30.9. The van der Waals surface area contributed by atoms with Crippen LogP contribution < -0.4 is 31.2 Å². The highest BCUT2D eigenvalue weighted by Crippen LogP contribution is 2.43. The Morgan fingerprint density at radius 1 is 1.09 bits per heavy atom. The van der Waals surface area contributed by atoms with E-state index in [1.165, 1.54) is 13.2 Å². The summed E-state index contributed by atoms with van der Waals surface area (Å²) in [4.78, 5) is 27.8. The first-order valence-corrected chi connectivity index (χ1v) is 14.8. The molecule has 0 spiro atoms. The molecule has 0 atom stereocenters. The lowest BCUT2D eigenvalue weighted by Gasteiger charge is -2.32. The van der Waals surface area contributed by atoms with E-state index < -0.39 is 5.60 Å². The van der Waals surface area contributed by atoms with Crippen molar-refractivity contribution in [3.63, 3.8) is 0 Å². The Morgan fingerprint density at radius 2 is 1.74 bits per heavy atom. The maximum Gasteiger partial charge on any atom is 0.277 e. The molecule has 2 aromatic carbocycles. The predicted octanol–water partition coefficient (Wildman–Crippen LogP) is 2.98. The van der Waals surface area contributed by atoms with Crippen LogP contribution in [0, 0.1) is 0 Å². The quantitative estimate of drug-likeness (QED) is 0.137. The van der Waals surface area contributed by atoms with Crippen molar-refractivity contribution in [3.05, 3.63) is 59.2 Å². The third-order valence-corrected chi connectivity index (χ3v) is 7.14. The van der Waals surface area contributed by atoms with Crippen LogP contribution in [-0.4, -0.2) is 85.8 Å². The number of ether oxygens (including phenoxy) is 3. The van der Waals surface area contributed by atoms with E-state index >= 15 is 0 Å². The molecule has 0 saturated heterocycles. The van der Waals surface area contributed by atoms with E-state index in [9.17, 15) is 14.7 Å². The fourth-order valence-electron chi connectivity index (χ4n) is 4.94. The molecule has 1 N–H and O–H groups in total.